The Balaban J connectivity index is 1.77. The number of nitrogens with zero attached hydrogens (tertiary/aromatic N) is 1. The third kappa shape index (κ3) is 14.3. The lowest BCUT2D eigenvalue weighted by atomic mass is 10.0. The highest BCUT2D eigenvalue weighted by atomic mass is 16.4. The predicted octanol–water partition coefficient (Wildman–Crippen LogP) is 5.74. The Labute approximate surface area is 179 Å². The molecular formula is C26H45NO2. The van der Waals surface area contributed by atoms with Gasteiger partial charge in [-0.25, -0.2) is 4.57 Å². The third-order valence-corrected chi connectivity index (χ3v) is 6.18. The number of carboxylic acids is 1. The molecule has 0 fully saturated rings. The zero-order valence-electron chi connectivity index (χ0n) is 19.2. The van der Waals surface area contributed by atoms with Crippen molar-refractivity contribution in [2.75, 3.05) is 0 Å². The highest BCUT2D eigenvalue weighted by molar-refractivity contribution is 5.64. The summed E-state index contributed by atoms with van der Waals surface area (Å²) in [6.07, 6.45) is 24.4. The van der Waals surface area contributed by atoms with Gasteiger partial charge in [-0.15, -0.1) is 0 Å². The number of carbonyl (C=O) groups is 1. The Morgan fingerprint density at radius 2 is 1.17 bits per heavy atom. The molecule has 0 atom stereocenters. The van der Waals surface area contributed by atoms with Gasteiger partial charge in [-0.2, -0.15) is 0 Å². The normalized spacial score (nSPS) is 11.1. The third-order valence-electron chi connectivity index (χ3n) is 6.18. The molecule has 29 heavy (non-hydrogen) atoms. The van der Waals surface area contributed by atoms with E-state index < -0.39 is 5.97 Å². The number of rotatable bonds is 19. The van der Waals surface area contributed by atoms with Gasteiger partial charge in [0.25, 0.3) is 0 Å². The van der Waals surface area contributed by atoms with E-state index in [1.807, 2.05) is 0 Å². The Hall–Kier alpha value is -1.38. The minimum atomic E-state index is -0.905. The molecule has 0 bridgehead atoms. The number of carbonyl (C=O) groups excluding carboxylic acids is 1. The van der Waals surface area contributed by atoms with Gasteiger partial charge in [0.2, 0.25) is 0 Å². The Morgan fingerprint density at radius 3 is 1.62 bits per heavy atom. The number of carboxylic acid groups (broad SMARTS) is 1. The second kappa shape index (κ2) is 17.5. The van der Waals surface area contributed by atoms with Crippen molar-refractivity contribution < 1.29 is 14.5 Å². The van der Waals surface area contributed by atoms with Gasteiger partial charge in [-0.05, 0) is 31.7 Å². The number of aryl methyl sites for hydroxylation is 2. The van der Waals surface area contributed by atoms with Crippen molar-refractivity contribution in [3.63, 3.8) is 0 Å². The van der Waals surface area contributed by atoms with Crippen molar-refractivity contribution in [1.82, 2.24) is 0 Å². The van der Waals surface area contributed by atoms with E-state index in [2.05, 4.69) is 36.9 Å². The number of unbranched alkanes of at least 4 members (excludes halogenated alkanes) is 15. The number of aliphatic carboxylic acids is 1. The highest BCUT2D eigenvalue weighted by Crippen LogP contribution is 2.15. The highest BCUT2D eigenvalue weighted by Gasteiger charge is 2.06. The molecule has 1 aromatic rings. The number of aromatic nitrogens is 1. The molecule has 0 amide bonds. The van der Waals surface area contributed by atoms with Gasteiger partial charge in [0, 0.05) is 24.5 Å². The van der Waals surface area contributed by atoms with Gasteiger partial charge < -0.3 is 9.90 Å². The summed E-state index contributed by atoms with van der Waals surface area (Å²) in [5.41, 5.74) is 2.91. The summed E-state index contributed by atoms with van der Waals surface area (Å²) < 4.78 is 2.22. The van der Waals surface area contributed by atoms with E-state index in [1.165, 1.54) is 108 Å². The molecule has 166 valence electrons. The number of hydrogen-bond acceptors (Lipinski definition) is 2. The number of pyridine rings is 1. The van der Waals surface area contributed by atoms with E-state index in [1.54, 1.807) is 0 Å². The van der Waals surface area contributed by atoms with Crippen molar-refractivity contribution in [2.45, 2.75) is 122 Å². The van der Waals surface area contributed by atoms with Crippen LogP contribution in [0, 0.1) is 6.92 Å². The van der Waals surface area contributed by atoms with Gasteiger partial charge >= 0.3 is 0 Å². The molecule has 1 rings (SSSR count). The summed E-state index contributed by atoms with van der Waals surface area (Å²) in [5, 5.41) is 10.3. The Bertz CT molecular complexity index is 542. The monoisotopic (exact) mass is 403 g/mol. The van der Waals surface area contributed by atoms with Gasteiger partial charge in [0.1, 0.15) is 7.05 Å². The summed E-state index contributed by atoms with van der Waals surface area (Å²) in [4.78, 5) is 10.3. The molecule has 0 aliphatic carbocycles. The van der Waals surface area contributed by atoms with Gasteiger partial charge in [0.05, 0.1) is 0 Å². The van der Waals surface area contributed by atoms with E-state index in [0.29, 0.717) is 0 Å². The van der Waals surface area contributed by atoms with Crippen LogP contribution in [0.4, 0.5) is 0 Å². The first-order valence-electron chi connectivity index (χ1n) is 12.2. The first kappa shape index (κ1) is 25.7. The molecule has 1 heterocycles. The van der Waals surface area contributed by atoms with Crippen molar-refractivity contribution >= 4 is 5.97 Å². The molecule has 0 radical (unpaired) electrons. The van der Waals surface area contributed by atoms with Crippen molar-refractivity contribution in [3.8, 4) is 0 Å². The summed E-state index contributed by atoms with van der Waals surface area (Å²) >= 11 is 0. The Kier molecular flexibility index (Phi) is 15.5. The van der Waals surface area contributed by atoms with Crippen molar-refractivity contribution in [2.24, 2.45) is 7.05 Å². The zero-order chi connectivity index (χ0) is 21.2. The lowest BCUT2D eigenvalue weighted by Gasteiger charge is -2.05. The first-order valence-corrected chi connectivity index (χ1v) is 12.2. The number of hydrogen-bond donors (Lipinski definition) is 0. The summed E-state index contributed by atoms with van der Waals surface area (Å²) in [6.45, 7) is 2.22. The SMILES string of the molecule is Cc1c(CCCCCCCCCCCCCCCCCCC(=O)[O-])ccc[n+]1C. The van der Waals surface area contributed by atoms with Crippen LogP contribution in [0.5, 0.6) is 0 Å². The molecule has 0 saturated carbocycles. The van der Waals surface area contributed by atoms with Crippen LogP contribution >= 0.6 is 0 Å². The molecule has 1 aromatic heterocycles. The summed E-state index contributed by atoms with van der Waals surface area (Å²) in [6, 6.07) is 4.43. The van der Waals surface area contributed by atoms with Crippen molar-refractivity contribution in [3.05, 3.63) is 29.6 Å². The maximum atomic E-state index is 10.3. The van der Waals surface area contributed by atoms with Crippen LogP contribution in [0.2, 0.25) is 0 Å². The molecule has 0 unspecified atom stereocenters. The largest absolute Gasteiger partial charge is 0.550 e. The fraction of sp³-hybridized carbons (Fsp3) is 0.769. The van der Waals surface area contributed by atoms with Crippen LogP contribution in [-0.4, -0.2) is 5.97 Å². The minimum absolute atomic E-state index is 0.229. The zero-order valence-corrected chi connectivity index (χ0v) is 19.2. The van der Waals surface area contributed by atoms with Gasteiger partial charge in [-0.1, -0.05) is 89.9 Å². The Morgan fingerprint density at radius 1 is 0.759 bits per heavy atom. The maximum absolute atomic E-state index is 10.3. The predicted molar refractivity (Wildman–Crippen MR) is 120 cm³/mol. The molecule has 0 N–H and O–H groups in total. The van der Waals surface area contributed by atoms with Crippen LogP contribution in [0.25, 0.3) is 0 Å². The van der Waals surface area contributed by atoms with Crippen molar-refractivity contribution in [1.29, 1.82) is 0 Å². The quantitative estimate of drug-likeness (QED) is 0.218. The van der Waals surface area contributed by atoms with E-state index in [-0.39, 0.29) is 6.42 Å². The maximum Gasteiger partial charge on any atom is 0.181 e. The molecular weight excluding hydrogens is 358 g/mol. The van der Waals surface area contributed by atoms with Crippen LogP contribution in [0.15, 0.2) is 18.3 Å². The molecule has 0 aliphatic rings. The fourth-order valence-electron chi connectivity index (χ4n) is 4.07. The molecule has 3 nitrogen and oxygen atoms in total. The second-order valence-corrected chi connectivity index (χ2v) is 8.76. The fourth-order valence-corrected chi connectivity index (χ4v) is 4.07. The standard InChI is InChI=1S/C26H45NO2/c1-24-25(21-19-23-27(24)2)20-17-15-13-11-9-7-5-3-4-6-8-10-12-14-16-18-22-26(28)29/h19,21,23H,3-18,20,22H2,1-2H3. The average molecular weight is 404 g/mol. The van der Waals surface area contributed by atoms with Crippen LogP contribution < -0.4 is 9.67 Å². The van der Waals surface area contributed by atoms with Crippen LogP contribution in [0.3, 0.4) is 0 Å². The molecule has 0 spiro atoms. The van der Waals surface area contributed by atoms with Crippen LogP contribution in [0.1, 0.15) is 120 Å². The van der Waals surface area contributed by atoms with Crippen LogP contribution in [-0.2, 0) is 18.3 Å². The first-order chi connectivity index (χ1) is 14.1. The van der Waals surface area contributed by atoms with E-state index >= 15 is 0 Å². The van der Waals surface area contributed by atoms with E-state index in [0.717, 1.165) is 12.8 Å². The summed E-state index contributed by atoms with van der Waals surface area (Å²) in [5.74, 6) is -0.905. The lowest BCUT2D eigenvalue weighted by molar-refractivity contribution is -0.678. The topological polar surface area (TPSA) is 44.0 Å². The molecule has 0 aliphatic heterocycles. The lowest BCUT2D eigenvalue weighted by Crippen LogP contribution is -2.32. The van der Waals surface area contributed by atoms with E-state index in [9.17, 15) is 9.90 Å². The molecule has 3 heteroatoms. The molecule has 0 aromatic carbocycles. The molecule has 0 saturated heterocycles. The van der Waals surface area contributed by atoms with Gasteiger partial charge in [-0.3, -0.25) is 0 Å². The average Bonchev–Trinajstić information content (AvgIpc) is 2.70. The minimum Gasteiger partial charge on any atom is -0.550 e. The second-order valence-electron chi connectivity index (χ2n) is 8.76. The van der Waals surface area contributed by atoms with Gasteiger partial charge in [0.15, 0.2) is 11.9 Å². The summed E-state index contributed by atoms with van der Waals surface area (Å²) in [7, 11) is 2.13. The smallest absolute Gasteiger partial charge is 0.181 e. The van der Waals surface area contributed by atoms with E-state index in [4.69, 9.17) is 0 Å².